The average molecular weight is 359 g/mol. The molecule has 2 rings (SSSR count). The van der Waals surface area contributed by atoms with E-state index >= 15 is 0 Å². The van der Waals surface area contributed by atoms with Crippen molar-refractivity contribution in [1.82, 2.24) is 10.2 Å². The van der Waals surface area contributed by atoms with Crippen LogP contribution in [0.4, 0.5) is 5.69 Å². The summed E-state index contributed by atoms with van der Waals surface area (Å²) in [4.78, 5) is 26.2. The van der Waals surface area contributed by atoms with Crippen molar-refractivity contribution in [1.29, 1.82) is 0 Å². The molecule has 0 fully saturated rings. The second kappa shape index (κ2) is 8.78. The largest absolute Gasteiger partial charge is 0.346 e. The van der Waals surface area contributed by atoms with Gasteiger partial charge in [-0.1, -0.05) is 26.0 Å². The zero-order chi connectivity index (χ0) is 18.4. The number of amides is 2. The first-order valence-electron chi connectivity index (χ1n) is 8.26. The van der Waals surface area contributed by atoms with Crippen molar-refractivity contribution >= 4 is 28.8 Å². The molecule has 1 heterocycles. The Morgan fingerprint density at radius 1 is 1.04 bits per heavy atom. The van der Waals surface area contributed by atoms with Crippen molar-refractivity contribution in [3.8, 4) is 0 Å². The van der Waals surface area contributed by atoms with Crippen LogP contribution in [0, 0.1) is 0 Å². The maximum absolute atomic E-state index is 12.1. The summed E-state index contributed by atoms with van der Waals surface area (Å²) in [6.45, 7) is 4.59. The Morgan fingerprint density at radius 3 is 2.24 bits per heavy atom. The quantitative estimate of drug-likeness (QED) is 0.779. The SMILES string of the molecule is CC(C)c1ccc(NC(=O)C(=O)NCC(c2ccsc2)N(C)C)cc1. The molecule has 0 aliphatic rings. The highest BCUT2D eigenvalue weighted by atomic mass is 32.1. The summed E-state index contributed by atoms with van der Waals surface area (Å²) in [6, 6.07) is 9.60. The summed E-state index contributed by atoms with van der Waals surface area (Å²) in [5.41, 5.74) is 2.93. The Hall–Kier alpha value is -2.18. The van der Waals surface area contributed by atoms with Gasteiger partial charge >= 0.3 is 11.8 Å². The topological polar surface area (TPSA) is 61.4 Å². The molecule has 0 radical (unpaired) electrons. The van der Waals surface area contributed by atoms with Crippen LogP contribution in [0.15, 0.2) is 41.1 Å². The Bertz CT molecular complexity index is 694. The van der Waals surface area contributed by atoms with Gasteiger partial charge in [0.05, 0.1) is 6.04 Å². The van der Waals surface area contributed by atoms with E-state index in [-0.39, 0.29) is 6.04 Å². The highest BCUT2D eigenvalue weighted by Gasteiger charge is 2.19. The van der Waals surface area contributed by atoms with Gasteiger partial charge in [0, 0.05) is 12.2 Å². The van der Waals surface area contributed by atoms with Gasteiger partial charge in [-0.3, -0.25) is 9.59 Å². The van der Waals surface area contributed by atoms with Crippen molar-refractivity contribution in [2.45, 2.75) is 25.8 Å². The van der Waals surface area contributed by atoms with E-state index in [1.165, 1.54) is 5.56 Å². The number of rotatable bonds is 6. The number of benzene rings is 1. The maximum Gasteiger partial charge on any atom is 0.313 e. The molecule has 0 aliphatic carbocycles. The fourth-order valence-corrected chi connectivity index (χ4v) is 3.18. The number of likely N-dealkylation sites (N-methyl/N-ethyl adjacent to an activating group) is 1. The zero-order valence-electron chi connectivity index (χ0n) is 15.1. The smallest absolute Gasteiger partial charge is 0.313 e. The number of carbonyl (C=O) groups excluding carboxylic acids is 2. The van der Waals surface area contributed by atoms with E-state index in [9.17, 15) is 9.59 Å². The Balaban J connectivity index is 1.90. The van der Waals surface area contributed by atoms with Crippen LogP contribution in [0.1, 0.15) is 36.9 Å². The lowest BCUT2D eigenvalue weighted by Crippen LogP contribution is -2.40. The highest BCUT2D eigenvalue weighted by molar-refractivity contribution is 7.07. The summed E-state index contributed by atoms with van der Waals surface area (Å²) in [7, 11) is 3.90. The lowest BCUT2D eigenvalue weighted by molar-refractivity contribution is -0.136. The molecule has 2 N–H and O–H groups in total. The number of hydrogen-bond acceptors (Lipinski definition) is 4. The van der Waals surface area contributed by atoms with Crippen LogP contribution >= 0.6 is 11.3 Å². The first kappa shape index (κ1) is 19.1. The Kier molecular flexibility index (Phi) is 6.73. The number of hydrogen-bond donors (Lipinski definition) is 2. The van der Waals surface area contributed by atoms with Gasteiger partial charge in [0.1, 0.15) is 0 Å². The van der Waals surface area contributed by atoms with Crippen LogP contribution < -0.4 is 10.6 Å². The molecule has 1 atom stereocenters. The fourth-order valence-electron chi connectivity index (χ4n) is 2.47. The first-order valence-corrected chi connectivity index (χ1v) is 9.20. The third-order valence-corrected chi connectivity index (χ3v) is 4.75. The van der Waals surface area contributed by atoms with E-state index in [0.29, 0.717) is 18.2 Å². The normalized spacial score (nSPS) is 12.2. The molecular formula is C19H25N3O2S. The number of nitrogens with one attached hydrogen (secondary N) is 2. The highest BCUT2D eigenvalue weighted by Crippen LogP contribution is 2.20. The predicted molar refractivity (Wildman–Crippen MR) is 103 cm³/mol. The minimum absolute atomic E-state index is 0.0355. The van der Waals surface area contributed by atoms with Crippen molar-refractivity contribution in [3.63, 3.8) is 0 Å². The average Bonchev–Trinajstić information content (AvgIpc) is 3.09. The minimum atomic E-state index is -0.653. The molecule has 0 saturated carbocycles. The lowest BCUT2D eigenvalue weighted by atomic mass is 10.0. The lowest BCUT2D eigenvalue weighted by Gasteiger charge is -2.23. The molecule has 2 aromatic rings. The van der Waals surface area contributed by atoms with Crippen LogP contribution in [0.2, 0.25) is 0 Å². The second-order valence-electron chi connectivity index (χ2n) is 6.48. The second-order valence-corrected chi connectivity index (χ2v) is 7.26. The third-order valence-electron chi connectivity index (χ3n) is 4.05. The molecule has 0 bridgehead atoms. The van der Waals surface area contributed by atoms with Gasteiger partial charge in [0.2, 0.25) is 0 Å². The molecule has 1 aromatic heterocycles. The van der Waals surface area contributed by atoms with Crippen LogP contribution in [0.5, 0.6) is 0 Å². The molecule has 2 amide bonds. The summed E-state index contributed by atoms with van der Waals surface area (Å²) >= 11 is 1.61. The third kappa shape index (κ3) is 5.41. The molecular weight excluding hydrogens is 334 g/mol. The van der Waals surface area contributed by atoms with E-state index in [1.54, 1.807) is 11.3 Å². The Morgan fingerprint density at radius 2 is 1.72 bits per heavy atom. The number of nitrogens with zero attached hydrogens (tertiary/aromatic N) is 1. The Labute approximate surface area is 153 Å². The van der Waals surface area contributed by atoms with E-state index in [4.69, 9.17) is 0 Å². The van der Waals surface area contributed by atoms with Crippen molar-refractivity contribution in [2.75, 3.05) is 26.0 Å². The molecule has 134 valence electrons. The maximum atomic E-state index is 12.1. The molecule has 0 spiro atoms. The molecule has 6 heteroatoms. The van der Waals surface area contributed by atoms with E-state index < -0.39 is 11.8 Å². The van der Waals surface area contributed by atoms with E-state index in [0.717, 1.165) is 5.56 Å². The van der Waals surface area contributed by atoms with Crippen molar-refractivity contribution in [3.05, 3.63) is 52.2 Å². The minimum Gasteiger partial charge on any atom is -0.346 e. The molecule has 0 aliphatic heterocycles. The van der Waals surface area contributed by atoms with Gasteiger partial charge in [0.15, 0.2) is 0 Å². The van der Waals surface area contributed by atoms with Gasteiger partial charge in [-0.15, -0.1) is 0 Å². The summed E-state index contributed by atoms with van der Waals surface area (Å²) in [5.74, 6) is -0.858. The molecule has 0 saturated heterocycles. The molecule has 5 nitrogen and oxygen atoms in total. The summed E-state index contributed by atoms with van der Waals surface area (Å²) in [6.07, 6.45) is 0. The van der Waals surface area contributed by atoms with Crippen LogP contribution in [-0.2, 0) is 9.59 Å². The van der Waals surface area contributed by atoms with Crippen LogP contribution in [0.3, 0.4) is 0 Å². The standard InChI is InChI=1S/C19H25N3O2S/c1-13(2)14-5-7-16(8-6-14)21-19(24)18(23)20-11-17(22(3)4)15-9-10-25-12-15/h5-10,12-13,17H,11H2,1-4H3,(H,20,23)(H,21,24). The number of anilines is 1. The van der Waals surface area contributed by atoms with Crippen molar-refractivity contribution in [2.24, 2.45) is 0 Å². The first-order chi connectivity index (χ1) is 11.9. The molecule has 1 unspecified atom stereocenters. The summed E-state index contributed by atoms with van der Waals surface area (Å²) in [5, 5.41) is 9.40. The van der Waals surface area contributed by atoms with Gasteiger partial charge in [-0.2, -0.15) is 11.3 Å². The van der Waals surface area contributed by atoms with Gasteiger partial charge in [-0.25, -0.2) is 0 Å². The molecule has 25 heavy (non-hydrogen) atoms. The van der Waals surface area contributed by atoms with Gasteiger partial charge in [0.25, 0.3) is 0 Å². The van der Waals surface area contributed by atoms with Crippen molar-refractivity contribution < 1.29 is 9.59 Å². The van der Waals surface area contributed by atoms with Gasteiger partial charge in [-0.05, 0) is 60.1 Å². The summed E-state index contributed by atoms with van der Waals surface area (Å²) < 4.78 is 0. The van der Waals surface area contributed by atoms with E-state index in [2.05, 4.69) is 24.5 Å². The fraction of sp³-hybridized carbons (Fsp3) is 0.368. The van der Waals surface area contributed by atoms with Crippen LogP contribution in [-0.4, -0.2) is 37.4 Å². The van der Waals surface area contributed by atoms with E-state index in [1.807, 2.05) is 60.1 Å². The number of carbonyl (C=O) groups is 2. The van der Waals surface area contributed by atoms with Crippen LogP contribution in [0.25, 0.3) is 0 Å². The van der Waals surface area contributed by atoms with Gasteiger partial charge < -0.3 is 15.5 Å². The predicted octanol–water partition coefficient (Wildman–Crippen LogP) is 3.23. The monoisotopic (exact) mass is 359 g/mol. The molecule has 1 aromatic carbocycles. The number of thiophene rings is 1. The zero-order valence-corrected chi connectivity index (χ0v) is 15.9.